The van der Waals surface area contributed by atoms with Crippen LogP contribution in [0.4, 0.5) is 0 Å². The normalized spacial score (nSPS) is 31.1. The first-order valence-electron chi connectivity index (χ1n) is 8.30. The molecule has 25 heavy (non-hydrogen) atoms. The fraction of sp³-hybridized carbons (Fsp3) is 0.562. The second kappa shape index (κ2) is 6.15. The van der Waals surface area contributed by atoms with Crippen LogP contribution in [0.1, 0.15) is 25.3 Å². The molecule has 2 aromatic heterocycles. The summed E-state index contributed by atoms with van der Waals surface area (Å²) in [5, 5.41) is 39.7. The molecule has 0 bridgehead atoms. The maximum atomic E-state index is 10.5. The van der Waals surface area contributed by atoms with Crippen LogP contribution in [-0.4, -0.2) is 53.4 Å². The van der Waals surface area contributed by atoms with Crippen LogP contribution in [0.15, 0.2) is 17.6 Å². The second-order valence-corrected chi connectivity index (χ2v) is 6.66. The number of aliphatic hydroxyl groups is 3. The van der Waals surface area contributed by atoms with Gasteiger partial charge in [0.1, 0.15) is 17.9 Å². The van der Waals surface area contributed by atoms with Gasteiger partial charge in [-0.1, -0.05) is 11.8 Å². The summed E-state index contributed by atoms with van der Waals surface area (Å²) in [7, 11) is 0. The number of nitrogens with zero attached hydrogens (tertiary/aromatic N) is 4. The van der Waals surface area contributed by atoms with Crippen molar-refractivity contribution in [2.24, 2.45) is 22.8 Å². The molecule has 5 atom stereocenters. The zero-order valence-electron chi connectivity index (χ0n) is 13.4. The van der Waals surface area contributed by atoms with Crippen LogP contribution in [0.3, 0.4) is 0 Å². The molecule has 0 aromatic carbocycles. The van der Waals surface area contributed by atoms with Gasteiger partial charge in [-0.2, -0.15) is 10.2 Å². The maximum absolute atomic E-state index is 10.5. The number of aromatic nitrogens is 4. The number of aromatic amines is 1. The van der Waals surface area contributed by atoms with E-state index in [1.807, 2.05) is 0 Å². The van der Waals surface area contributed by atoms with Crippen molar-refractivity contribution in [3.05, 3.63) is 18.0 Å². The van der Waals surface area contributed by atoms with E-state index in [0.717, 1.165) is 12.8 Å². The van der Waals surface area contributed by atoms with E-state index < -0.39 is 30.3 Å². The molecular weight excluding hydrogens is 324 g/mol. The lowest BCUT2D eigenvalue weighted by molar-refractivity contribution is -0.0148. The largest absolute Gasteiger partial charge is 0.390 e. The number of H-pyrrole nitrogens is 1. The Bertz CT molecular complexity index is 906. The van der Waals surface area contributed by atoms with Crippen LogP contribution in [0.5, 0.6) is 0 Å². The highest BCUT2D eigenvalue weighted by molar-refractivity contribution is 5.72. The molecule has 6 N–H and O–H groups in total. The van der Waals surface area contributed by atoms with E-state index in [1.54, 1.807) is 10.9 Å². The van der Waals surface area contributed by atoms with Crippen molar-refractivity contribution < 1.29 is 15.3 Å². The smallest absolute Gasteiger partial charge is 0.185 e. The zero-order valence-corrected chi connectivity index (χ0v) is 13.4. The summed E-state index contributed by atoms with van der Waals surface area (Å²) in [5.41, 5.74) is 0.926. The Morgan fingerprint density at radius 3 is 2.88 bits per heavy atom. The van der Waals surface area contributed by atoms with Gasteiger partial charge >= 0.3 is 0 Å². The molecule has 2 aliphatic rings. The summed E-state index contributed by atoms with van der Waals surface area (Å²) in [6.07, 6.45) is 2.37. The van der Waals surface area contributed by atoms with Crippen molar-refractivity contribution in [1.82, 2.24) is 19.7 Å². The molecular formula is C16H20N6O3. The molecule has 0 amide bonds. The summed E-state index contributed by atoms with van der Waals surface area (Å²) in [4.78, 5) is 6.99. The molecule has 2 fully saturated rings. The minimum atomic E-state index is -1.08. The fourth-order valence-electron chi connectivity index (χ4n) is 3.38. The number of aliphatic hydroxyl groups excluding tert-OH is 3. The van der Waals surface area contributed by atoms with Crippen LogP contribution in [-0.2, 0) is 0 Å². The minimum absolute atomic E-state index is 0.333. The van der Waals surface area contributed by atoms with Crippen molar-refractivity contribution in [2.45, 2.75) is 43.6 Å². The molecule has 4 rings (SSSR count). The van der Waals surface area contributed by atoms with E-state index >= 15 is 0 Å². The molecule has 9 nitrogen and oxygen atoms in total. The summed E-state index contributed by atoms with van der Waals surface area (Å²) < 4.78 is 1.58. The lowest BCUT2D eigenvalue weighted by atomic mass is 9.98. The third kappa shape index (κ3) is 2.78. The van der Waals surface area contributed by atoms with E-state index in [0.29, 0.717) is 28.9 Å². The fourth-order valence-corrected chi connectivity index (χ4v) is 3.38. The summed E-state index contributed by atoms with van der Waals surface area (Å²) in [6, 6.07) is -0.501. The van der Waals surface area contributed by atoms with Crippen LogP contribution in [0.25, 0.3) is 11.0 Å². The van der Waals surface area contributed by atoms with Gasteiger partial charge < -0.3 is 26.1 Å². The number of nitrogens with one attached hydrogen (secondary N) is 1. The highest BCUT2D eigenvalue weighted by atomic mass is 16.3. The number of rotatable bonds is 2. The molecule has 9 heteroatoms. The quantitative estimate of drug-likeness (QED) is 0.257. The van der Waals surface area contributed by atoms with Crippen molar-refractivity contribution in [3.63, 3.8) is 0 Å². The van der Waals surface area contributed by atoms with Crippen LogP contribution in [0.2, 0.25) is 0 Å². The Hall–Kier alpha value is -2.41. The Morgan fingerprint density at radius 2 is 2.16 bits per heavy atom. The van der Waals surface area contributed by atoms with Gasteiger partial charge in [-0.3, -0.25) is 0 Å². The van der Waals surface area contributed by atoms with E-state index in [9.17, 15) is 15.3 Å². The molecule has 0 unspecified atom stereocenters. The first kappa shape index (κ1) is 16.1. The van der Waals surface area contributed by atoms with Gasteiger partial charge in [0.05, 0.1) is 30.1 Å². The van der Waals surface area contributed by atoms with Crippen molar-refractivity contribution >= 4 is 11.0 Å². The molecule has 0 radical (unpaired) electrons. The van der Waals surface area contributed by atoms with Gasteiger partial charge in [-0.05, 0) is 19.3 Å². The average molecular weight is 344 g/mol. The van der Waals surface area contributed by atoms with Gasteiger partial charge in [0.15, 0.2) is 5.49 Å². The average Bonchev–Trinajstić information content (AvgIpc) is 3.29. The van der Waals surface area contributed by atoms with Gasteiger partial charge in [-0.15, -0.1) is 0 Å². The summed E-state index contributed by atoms with van der Waals surface area (Å²) in [5.74, 6) is 11.0. The molecule has 0 saturated heterocycles. The molecule has 2 heterocycles. The molecule has 2 saturated carbocycles. The van der Waals surface area contributed by atoms with Crippen LogP contribution >= 0.6 is 0 Å². The highest BCUT2D eigenvalue weighted by Gasteiger charge is 2.46. The van der Waals surface area contributed by atoms with E-state index in [-0.39, 0.29) is 0 Å². The van der Waals surface area contributed by atoms with Crippen molar-refractivity contribution in [3.8, 4) is 11.8 Å². The SMILES string of the molecule is N/N=c1/nc[nH]c2c1cnn2[C@@H]1C[C@H]([C@H](O)C#CC2CC2)[C@@H](O)[C@H]1O. The van der Waals surface area contributed by atoms with Gasteiger partial charge in [0.2, 0.25) is 0 Å². The number of fused-ring (bicyclic) bond motifs is 1. The van der Waals surface area contributed by atoms with E-state index in [2.05, 4.69) is 32.0 Å². The van der Waals surface area contributed by atoms with E-state index in [4.69, 9.17) is 5.84 Å². The third-order valence-electron chi connectivity index (χ3n) is 4.98. The molecule has 0 spiro atoms. The standard InChI is InChI=1S/C16H20N6O3/c17-21-15-10-6-20-22(16(10)19-7-18-15)11-5-9(13(24)14(11)25)12(23)4-3-8-1-2-8/h6-9,11-14,23-25H,1-2,5,17H2,(H,18,19,21)/t9-,11-,12-,13-,14+/m1/s1. The molecule has 2 aliphatic carbocycles. The van der Waals surface area contributed by atoms with Crippen LogP contribution in [0, 0.1) is 23.7 Å². The Morgan fingerprint density at radius 1 is 1.36 bits per heavy atom. The first-order chi connectivity index (χ1) is 12.1. The lowest BCUT2D eigenvalue weighted by Crippen LogP contribution is -2.33. The topological polar surface area (TPSA) is 146 Å². The Balaban J connectivity index is 1.64. The molecule has 0 aliphatic heterocycles. The number of hydrogen-bond donors (Lipinski definition) is 5. The van der Waals surface area contributed by atoms with E-state index in [1.165, 1.54) is 6.33 Å². The third-order valence-corrected chi connectivity index (χ3v) is 4.98. The predicted molar refractivity (Wildman–Crippen MR) is 87.3 cm³/mol. The zero-order chi connectivity index (χ0) is 17.6. The Labute approximate surface area is 143 Å². The maximum Gasteiger partial charge on any atom is 0.185 e. The highest BCUT2D eigenvalue weighted by Crippen LogP contribution is 2.38. The van der Waals surface area contributed by atoms with Gasteiger partial charge in [0, 0.05) is 11.8 Å². The van der Waals surface area contributed by atoms with Gasteiger partial charge in [0.25, 0.3) is 0 Å². The van der Waals surface area contributed by atoms with Gasteiger partial charge in [-0.25, -0.2) is 9.67 Å². The number of nitrogens with two attached hydrogens (primary N) is 1. The first-order valence-corrected chi connectivity index (χ1v) is 8.30. The molecule has 132 valence electrons. The van der Waals surface area contributed by atoms with Crippen molar-refractivity contribution in [2.75, 3.05) is 0 Å². The molecule has 2 aromatic rings. The monoisotopic (exact) mass is 344 g/mol. The van der Waals surface area contributed by atoms with Crippen molar-refractivity contribution in [1.29, 1.82) is 0 Å². The minimum Gasteiger partial charge on any atom is -0.390 e. The van der Waals surface area contributed by atoms with Crippen LogP contribution < -0.4 is 11.3 Å². The number of hydrogen-bond acceptors (Lipinski definition) is 7. The lowest BCUT2D eigenvalue weighted by Gasteiger charge is -2.18. The predicted octanol–water partition coefficient (Wildman–Crippen LogP) is -1.41. The summed E-state index contributed by atoms with van der Waals surface area (Å²) >= 11 is 0. The summed E-state index contributed by atoms with van der Waals surface area (Å²) in [6.45, 7) is 0. The second-order valence-electron chi connectivity index (χ2n) is 6.66. The Kier molecular flexibility index (Phi) is 3.95.